The van der Waals surface area contributed by atoms with Gasteiger partial charge in [-0.05, 0) is 24.9 Å². The van der Waals surface area contributed by atoms with Crippen LogP contribution < -0.4 is 5.32 Å². The molecule has 2 fully saturated rings. The minimum Gasteiger partial charge on any atom is -0.340 e. The third kappa shape index (κ3) is 4.66. The van der Waals surface area contributed by atoms with E-state index in [1.54, 1.807) is 0 Å². The molecule has 1 aromatic carbocycles. The summed E-state index contributed by atoms with van der Waals surface area (Å²) in [5.74, 6) is 0.560. The van der Waals surface area contributed by atoms with Gasteiger partial charge in [-0.1, -0.05) is 42.5 Å². The van der Waals surface area contributed by atoms with Gasteiger partial charge in [-0.3, -0.25) is 9.69 Å². The lowest BCUT2D eigenvalue weighted by Crippen LogP contribution is -2.52. The van der Waals surface area contributed by atoms with Crippen LogP contribution in [0.2, 0.25) is 0 Å². The molecule has 1 N–H and O–H groups in total. The third-order valence-electron chi connectivity index (χ3n) is 4.80. The first kappa shape index (κ1) is 16.2. The molecular weight excluding hydrogens is 286 g/mol. The summed E-state index contributed by atoms with van der Waals surface area (Å²) in [5.41, 5.74) is 1.24. The molecule has 1 amide bonds. The normalized spacial score (nSPS) is 23.3. The number of amides is 1. The molecule has 0 spiro atoms. The summed E-state index contributed by atoms with van der Waals surface area (Å²) < 4.78 is 0. The number of rotatable bonds is 4. The zero-order valence-corrected chi connectivity index (χ0v) is 13.8. The van der Waals surface area contributed by atoms with E-state index < -0.39 is 0 Å². The van der Waals surface area contributed by atoms with Crippen LogP contribution >= 0.6 is 0 Å². The lowest BCUT2D eigenvalue weighted by atomic mass is 9.98. The van der Waals surface area contributed by atoms with Crippen LogP contribution in [0.25, 0.3) is 6.08 Å². The molecule has 1 aromatic rings. The largest absolute Gasteiger partial charge is 0.340 e. The molecule has 4 nitrogen and oxygen atoms in total. The lowest BCUT2D eigenvalue weighted by molar-refractivity contribution is -0.137. The van der Waals surface area contributed by atoms with Crippen molar-refractivity contribution in [3.8, 4) is 0 Å². The highest BCUT2D eigenvalue weighted by atomic mass is 16.2. The highest BCUT2D eigenvalue weighted by Gasteiger charge is 2.27. The summed E-state index contributed by atoms with van der Waals surface area (Å²) in [6.45, 7) is 6.57. The molecule has 0 bridgehead atoms. The van der Waals surface area contributed by atoms with Crippen molar-refractivity contribution in [1.29, 1.82) is 0 Å². The van der Waals surface area contributed by atoms with Gasteiger partial charge in [0, 0.05) is 39.3 Å². The van der Waals surface area contributed by atoms with Gasteiger partial charge < -0.3 is 10.2 Å². The molecule has 0 aliphatic carbocycles. The van der Waals surface area contributed by atoms with Crippen molar-refractivity contribution >= 4 is 12.0 Å². The van der Waals surface area contributed by atoms with Crippen LogP contribution in [0.4, 0.5) is 0 Å². The topological polar surface area (TPSA) is 35.6 Å². The monoisotopic (exact) mass is 313 g/mol. The van der Waals surface area contributed by atoms with E-state index >= 15 is 0 Å². The van der Waals surface area contributed by atoms with Gasteiger partial charge in [0.15, 0.2) is 0 Å². The smallest absolute Gasteiger partial charge is 0.227 e. The average molecular weight is 313 g/mol. The number of piperazine rings is 1. The van der Waals surface area contributed by atoms with Gasteiger partial charge in [-0.15, -0.1) is 0 Å². The fourth-order valence-electron chi connectivity index (χ4n) is 3.37. The number of piperidine rings is 1. The first-order valence-corrected chi connectivity index (χ1v) is 8.76. The molecule has 2 aliphatic rings. The van der Waals surface area contributed by atoms with Crippen LogP contribution in [0.15, 0.2) is 36.4 Å². The molecule has 4 heteroatoms. The standard InChI is InChI=1S/C19H27N3O/c23-19(18-9-4-10-20-16-18)22-14-12-21(13-15-22)11-5-8-17-6-2-1-3-7-17/h1-3,5-8,18,20H,4,9-16H2/b8-5+/t18-/m1/s1. The summed E-state index contributed by atoms with van der Waals surface area (Å²) >= 11 is 0. The summed E-state index contributed by atoms with van der Waals surface area (Å²) in [5, 5.41) is 3.34. The second-order valence-electron chi connectivity index (χ2n) is 6.48. The van der Waals surface area contributed by atoms with Gasteiger partial charge in [-0.2, -0.15) is 0 Å². The second kappa shape index (κ2) is 8.27. The molecule has 2 saturated heterocycles. The van der Waals surface area contributed by atoms with Gasteiger partial charge in [0.05, 0.1) is 5.92 Å². The highest BCUT2D eigenvalue weighted by Crippen LogP contribution is 2.15. The second-order valence-corrected chi connectivity index (χ2v) is 6.48. The predicted molar refractivity (Wildman–Crippen MR) is 94.1 cm³/mol. The number of carbonyl (C=O) groups excluding carboxylic acids is 1. The number of hydrogen-bond donors (Lipinski definition) is 1. The molecule has 2 heterocycles. The Bertz CT molecular complexity index is 515. The number of nitrogens with one attached hydrogen (secondary N) is 1. The van der Waals surface area contributed by atoms with Crippen molar-refractivity contribution in [1.82, 2.24) is 15.1 Å². The fourth-order valence-corrected chi connectivity index (χ4v) is 3.37. The minimum absolute atomic E-state index is 0.202. The zero-order valence-electron chi connectivity index (χ0n) is 13.8. The van der Waals surface area contributed by atoms with E-state index in [9.17, 15) is 4.79 Å². The number of carbonyl (C=O) groups is 1. The maximum absolute atomic E-state index is 12.5. The summed E-state index contributed by atoms with van der Waals surface area (Å²) in [6.07, 6.45) is 6.57. The van der Waals surface area contributed by atoms with E-state index in [1.807, 2.05) is 6.07 Å². The van der Waals surface area contributed by atoms with Crippen LogP contribution in [0, 0.1) is 5.92 Å². The van der Waals surface area contributed by atoms with E-state index in [0.29, 0.717) is 5.91 Å². The fraction of sp³-hybridized carbons (Fsp3) is 0.526. The summed E-state index contributed by atoms with van der Waals surface area (Å²) in [7, 11) is 0. The summed E-state index contributed by atoms with van der Waals surface area (Å²) in [6, 6.07) is 10.4. The number of hydrogen-bond acceptors (Lipinski definition) is 3. The van der Waals surface area contributed by atoms with Gasteiger partial charge in [0.25, 0.3) is 0 Å². The van der Waals surface area contributed by atoms with Crippen LogP contribution in [0.5, 0.6) is 0 Å². The molecule has 3 rings (SSSR count). The molecule has 0 radical (unpaired) electrons. The minimum atomic E-state index is 0.202. The number of benzene rings is 1. The van der Waals surface area contributed by atoms with Crippen LogP contribution in [-0.2, 0) is 4.79 Å². The Labute approximate surface area is 139 Å². The van der Waals surface area contributed by atoms with Crippen molar-refractivity contribution in [3.05, 3.63) is 42.0 Å². The average Bonchev–Trinajstić information content (AvgIpc) is 2.63. The molecule has 2 aliphatic heterocycles. The molecular formula is C19H27N3O. The van der Waals surface area contributed by atoms with E-state index in [-0.39, 0.29) is 5.92 Å². The molecule has 0 saturated carbocycles. The third-order valence-corrected chi connectivity index (χ3v) is 4.80. The first-order chi connectivity index (χ1) is 11.3. The first-order valence-electron chi connectivity index (χ1n) is 8.76. The van der Waals surface area contributed by atoms with Crippen molar-refractivity contribution in [2.45, 2.75) is 12.8 Å². The van der Waals surface area contributed by atoms with Crippen LogP contribution in [0.1, 0.15) is 18.4 Å². The van der Waals surface area contributed by atoms with Crippen LogP contribution in [-0.4, -0.2) is 61.5 Å². The lowest BCUT2D eigenvalue weighted by Gasteiger charge is -2.36. The highest BCUT2D eigenvalue weighted by molar-refractivity contribution is 5.79. The molecule has 0 aromatic heterocycles. The SMILES string of the molecule is O=C([C@@H]1CCCNC1)N1CCN(C/C=C/c2ccccc2)CC1. The van der Waals surface area contributed by atoms with Gasteiger partial charge in [-0.25, -0.2) is 0 Å². The van der Waals surface area contributed by atoms with Gasteiger partial charge >= 0.3 is 0 Å². The maximum atomic E-state index is 12.5. The molecule has 124 valence electrons. The van der Waals surface area contributed by atoms with Crippen molar-refractivity contribution in [2.75, 3.05) is 45.8 Å². The van der Waals surface area contributed by atoms with Crippen molar-refractivity contribution < 1.29 is 4.79 Å². The van der Waals surface area contributed by atoms with Crippen LogP contribution in [0.3, 0.4) is 0 Å². The Hall–Kier alpha value is -1.65. The van der Waals surface area contributed by atoms with Gasteiger partial charge in [0.2, 0.25) is 5.91 Å². The Morgan fingerprint density at radius 2 is 1.96 bits per heavy atom. The molecule has 1 atom stereocenters. The van der Waals surface area contributed by atoms with E-state index in [0.717, 1.165) is 58.7 Å². The van der Waals surface area contributed by atoms with E-state index in [1.165, 1.54) is 5.56 Å². The maximum Gasteiger partial charge on any atom is 0.227 e. The zero-order chi connectivity index (χ0) is 15.9. The molecule has 23 heavy (non-hydrogen) atoms. The Morgan fingerprint density at radius 1 is 1.17 bits per heavy atom. The number of nitrogens with zero attached hydrogens (tertiary/aromatic N) is 2. The van der Waals surface area contributed by atoms with Crippen molar-refractivity contribution in [2.24, 2.45) is 5.92 Å². The van der Waals surface area contributed by atoms with Gasteiger partial charge in [0.1, 0.15) is 0 Å². The Balaban J connectivity index is 1.41. The van der Waals surface area contributed by atoms with Crippen molar-refractivity contribution in [3.63, 3.8) is 0 Å². The summed E-state index contributed by atoms with van der Waals surface area (Å²) in [4.78, 5) is 17.0. The Kier molecular flexibility index (Phi) is 5.83. The van der Waals surface area contributed by atoms with E-state index in [2.05, 4.69) is 51.5 Å². The Morgan fingerprint density at radius 3 is 2.65 bits per heavy atom. The molecule has 0 unspecified atom stereocenters. The predicted octanol–water partition coefficient (Wildman–Crippen LogP) is 1.84. The van der Waals surface area contributed by atoms with E-state index in [4.69, 9.17) is 0 Å². The quantitative estimate of drug-likeness (QED) is 0.921.